The van der Waals surface area contributed by atoms with Gasteiger partial charge in [-0.1, -0.05) is 30.3 Å². The molecule has 0 atom stereocenters. The van der Waals surface area contributed by atoms with E-state index in [9.17, 15) is 9.59 Å². The maximum Gasteiger partial charge on any atom is 0.374 e. The van der Waals surface area contributed by atoms with Crippen molar-refractivity contribution in [2.45, 2.75) is 13.5 Å². The molecule has 0 fully saturated rings. The number of esters is 2. The van der Waals surface area contributed by atoms with E-state index in [0.29, 0.717) is 27.8 Å². The molecule has 28 heavy (non-hydrogen) atoms. The third kappa shape index (κ3) is 4.13. The van der Waals surface area contributed by atoms with Crippen LogP contribution in [-0.4, -0.2) is 25.2 Å². The predicted octanol–water partition coefficient (Wildman–Crippen LogP) is 3.60. The Morgan fingerprint density at radius 1 is 1.07 bits per heavy atom. The molecule has 7 heteroatoms. The largest absolute Gasteiger partial charge is 0.481 e. The number of carbonyl (C=O) groups excluding carboxylic acids is 2. The van der Waals surface area contributed by atoms with Crippen LogP contribution >= 0.6 is 0 Å². The minimum absolute atomic E-state index is 0.00611. The van der Waals surface area contributed by atoms with Gasteiger partial charge in [0.25, 0.3) is 0 Å². The molecule has 3 rings (SSSR count). The molecule has 2 aromatic carbocycles. The summed E-state index contributed by atoms with van der Waals surface area (Å²) in [6.07, 6.45) is 0. The number of benzene rings is 2. The number of furan rings is 1. The molecule has 0 spiro atoms. The van der Waals surface area contributed by atoms with Gasteiger partial charge >= 0.3 is 11.9 Å². The quantitative estimate of drug-likeness (QED) is 0.578. The molecule has 0 radical (unpaired) electrons. The zero-order chi connectivity index (χ0) is 19.9. The van der Waals surface area contributed by atoms with Gasteiger partial charge in [-0.3, -0.25) is 0 Å². The Kier molecular flexibility index (Phi) is 5.92. The maximum absolute atomic E-state index is 12.1. The monoisotopic (exact) mass is 379 g/mol. The highest BCUT2D eigenvalue weighted by Crippen LogP contribution is 2.27. The summed E-state index contributed by atoms with van der Waals surface area (Å²) in [6, 6.07) is 15.6. The molecule has 0 aliphatic carbocycles. The molecule has 1 heterocycles. The topological polar surface area (TPSA) is 98.8 Å². The van der Waals surface area contributed by atoms with Gasteiger partial charge < -0.3 is 18.6 Å². The van der Waals surface area contributed by atoms with Crippen LogP contribution in [-0.2, 0) is 20.9 Å². The van der Waals surface area contributed by atoms with E-state index < -0.39 is 11.9 Å². The van der Waals surface area contributed by atoms with Gasteiger partial charge in [0.05, 0.1) is 17.7 Å². The van der Waals surface area contributed by atoms with Gasteiger partial charge in [0.2, 0.25) is 5.76 Å². The normalized spacial score (nSPS) is 10.3. The smallest absolute Gasteiger partial charge is 0.374 e. The molecule has 0 aliphatic rings. The zero-order valence-corrected chi connectivity index (χ0v) is 15.1. The average molecular weight is 379 g/mol. The van der Waals surface area contributed by atoms with Crippen molar-refractivity contribution < 1.29 is 28.2 Å². The second-order valence-electron chi connectivity index (χ2n) is 5.68. The van der Waals surface area contributed by atoms with Gasteiger partial charge in [-0.15, -0.1) is 0 Å². The Hall–Kier alpha value is -3.79. The minimum atomic E-state index is -0.646. The van der Waals surface area contributed by atoms with Gasteiger partial charge in [-0.05, 0) is 25.1 Å². The second-order valence-corrected chi connectivity index (χ2v) is 5.68. The van der Waals surface area contributed by atoms with Gasteiger partial charge in [0.1, 0.15) is 24.0 Å². The van der Waals surface area contributed by atoms with Crippen LogP contribution in [0.2, 0.25) is 0 Å². The maximum atomic E-state index is 12.1. The first-order chi connectivity index (χ1) is 13.6. The molecular weight excluding hydrogens is 362 g/mol. The lowest BCUT2D eigenvalue weighted by molar-refractivity contribution is -0.147. The van der Waals surface area contributed by atoms with Crippen molar-refractivity contribution >= 4 is 22.9 Å². The van der Waals surface area contributed by atoms with Gasteiger partial charge in [0, 0.05) is 5.39 Å². The Balaban J connectivity index is 1.70. The molecule has 3 aromatic rings. The summed E-state index contributed by atoms with van der Waals surface area (Å²) in [5, 5.41) is 9.70. The summed E-state index contributed by atoms with van der Waals surface area (Å²) in [5.41, 5.74) is 1.25. The molecular formula is C21H17NO6. The molecule has 7 nitrogen and oxygen atoms in total. The standard InChI is InChI=1S/C21H17NO6/c1-2-25-21(24)20-16(15-8-4-6-10-18(15)28-20)12-27-19(23)13-26-17-9-5-3-7-14(17)11-22/h3-10H,2,12-13H2,1H3. The molecule has 0 N–H and O–H groups in total. The van der Waals surface area contributed by atoms with Crippen LogP contribution in [0.1, 0.15) is 28.6 Å². The van der Waals surface area contributed by atoms with E-state index in [1.54, 1.807) is 55.5 Å². The molecule has 0 saturated heterocycles. The van der Waals surface area contributed by atoms with Crippen molar-refractivity contribution in [2.75, 3.05) is 13.2 Å². The van der Waals surface area contributed by atoms with E-state index in [4.69, 9.17) is 23.9 Å². The Morgan fingerprint density at radius 2 is 1.82 bits per heavy atom. The third-order valence-electron chi connectivity index (χ3n) is 3.89. The van der Waals surface area contributed by atoms with Crippen LogP contribution in [0, 0.1) is 11.3 Å². The fourth-order valence-electron chi connectivity index (χ4n) is 2.62. The van der Waals surface area contributed by atoms with Crippen molar-refractivity contribution in [3.63, 3.8) is 0 Å². The van der Waals surface area contributed by atoms with E-state index >= 15 is 0 Å². The van der Waals surface area contributed by atoms with Crippen molar-refractivity contribution in [1.29, 1.82) is 5.26 Å². The molecule has 0 aliphatic heterocycles. The zero-order valence-electron chi connectivity index (χ0n) is 15.1. The highest BCUT2D eigenvalue weighted by molar-refractivity contribution is 5.96. The number of para-hydroxylation sites is 2. The van der Waals surface area contributed by atoms with E-state index in [1.165, 1.54) is 0 Å². The van der Waals surface area contributed by atoms with Crippen LogP contribution in [0.5, 0.6) is 5.75 Å². The van der Waals surface area contributed by atoms with Crippen molar-refractivity contribution in [1.82, 2.24) is 0 Å². The van der Waals surface area contributed by atoms with Crippen molar-refractivity contribution in [3.8, 4) is 11.8 Å². The summed E-state index contributed by atoms with van der Waals surface area (Å²) in [6.45, 7) is 1.34. The first-order valence-electron chi connectivity index (χ1n) is 8.59. The average Bonchev–Trinajstić information content (AvgIpc) is 3.10. The lowest BCUT2D eigenvalue weighted by Gasteiger charge is -2.08. The van der Waals surface area contributed by atoms with Gasteiger partial charge in [-0.2, -0.15) is 5.26 Å². The highest BCUT2D eigenvalue weighted by Gasteiger charge is 2.22. The number of carbonyl (C=O) groups is 2. The van der Waals surface area contributed by atoms with Crippen LogP contribution in [0.3, 0.4) is 0 Å². The SMILES string of the molecule is CCOC(=O)c1oc2ccccc2c1COC(=O)COc1ccccc1C#N. The fraction of sp³-hybridized carbons (Fsp3) is 0.190. The number of fused-ring (bicyclic) bond motifs is 1. The summed E-state index contributed by atoms with van der Waals surface area (Å²) >= 11 is 0. The summed E-state index contributed by atoms with van der Waals surface area (Å²) < 4.78 is 21.2. The van der Waals surface area contributed by atoms with Gasteiger partial charge in [-0.25, -0.2) is 9.59 Å². The summed E-state index contributed by atoms with van der Waals surface area (Å²) in [7, 11) is 0. The van der Waals surface area contributed by atoms with Crippen LogP contribution in [0.25, 0.3) is 11.0 Å². The fourth-order valence-corrected chi connectivity index (χ4v) is 2.62. The molecule has 142 valence electrons. The number of rotatable bonds is 7. The second kappa shape index (κ2) is 8.73. The minimum Gasteiger partial charge on any atom is -0.481 e. The third-order valence-corrected chi connectivity index (χ3v) is 3.89. The highest BCUT2D eigenvalue weighted by atomic mass is 16.6. The Morgan fingerprint density at radius 3 is 2.61 bits per heavy atom. The lowest BCUT2D eigenvalue weighted by Crippen LogP contribution is -2.16. The van der Waals surface area contributed by atoms with Crippen LogP contribution in [0.15, 0.2) is 52.9 Å². The number of ether oxygens (including phenoxy) is 3. The number of nitrogens with zero attached hydrogens (tertiary/aromatic N) is 1. The van der Waals surface area contributed by atoms with Crippen molar-refractivity contribution in [3.05, 3.63) is 65.4 Å². The number of hydrogen-bond donors (Lipinski definition) is 0. The molecule has 0 saturated carbocycles. The number of hydrogen-bond acceptors (Lipinski definition) is 7. The molecule has 1 aromatic heterocycles. The first-order valence-corrected chi connectivity index (χ1v) is 8.59. The van der Waals surface area contributed by atoms with Crippen molar-refractivity contribution in [2.24, 2.45) is 0 Å². The van der Waals surface area contributed by atoms with E-state index in [2.05, 4.69) is 0 Å². The first kappa shape index (κ1) is 19.0. The predicted molar refractivity (Wildman–Crippen MR) is 98.6 cm³/mol. The lowest BCUT2D eigenvalue weighted by atomic mass is 10.1. The Labute approximate surface area is 161 Å². The van der Waals surface area contributed by atoms with Crippen LogP contribution < -0.4 is 4.74 Å². The van der Waals surface area contributed by atoms with Gasteiger partial charge in [0.15, 0.2) is 6.61 Å². The summed E-state index contributed by atoms with van der Waals surface area (Å²) in [4.78, 5) is 24.2. The molecule has 0 amide bonds. The van der Waals surface area contributed by atoms with Crippen LogP contribution in [0.4, 0.5) is 0 Å². The number of nitriles is 1. The molecule has 0 bridgehead atoms. The Bertz CT molecular complexity index is 1050. The summed E-state index contributed by atoms with van der Waals surface area (Å²) in [5.74, 6) is -0.966. The van der Waals surface area contributed by atoms with E-state index in [1.807, 2.05) is 6.07 Å². The van der Waals surface area contributed by atoms with E-state index in [-0.39, 0.29) is 25.6 Å². The van der Waals surface area contributed by atoms with E-state index in [0.717, 1.165) is 0 Å². The molecule has 0 unspecified atom stereocenters.